The highest BCUT2D eigenvalue weighted by molar-refractivity contribution is 5.73. The Balaban J connectivity index is 1.78. The second-order valence-electron chi connectivity index (χ2n) is 18.7. The topological polar surface area (TPSA) is 201 Å². The minimum absolute atomic E-state index is 0.0548. The Morgan fingerprint density at radius 3 is 2.19 bits per heavy atom. The molecule has 4 rings (SSSR count). The molecule has 340 valence electrons. The first-order valence-corrected chi connectivity index (χ1v) is 21.5. The van der Waals surface area contributed by atoms with Crippen LogP contribution < -0.4 is 10.6 Å². The molecule has 59 heavy (non-hydrogen) atoms. The molecule has 0 bridgehead atoms. The van der Waals surface area contributed by atoms with Gasteiger partial charge in [-0.15, -0.1) is 0 Å². The summed E-state index contributed by atoms with van der Waals surface area (Å²) in [5, 5.41) is 66.2. The number of nitrogens with zero attached hydrogens (tertiary/aromatic N) is 1. The number of ether oxygens (including phenoxy) is 6. The first kappa shape index (κ1) is 49.7. The quantitative estimate of drug-likeness (QED) is 0.170. The van der Waals surface area contributed by atoms with E-state index in [4.69, 9.17) is 28.4 Å². The molecule has 3 heterocycles. The van der Waals surface area contributed by atoms with E-state index in [1.54, 1.807) is 41.5 Å². The molecule has 3 saturated heterocycles. The SMILES string of the molecule is CC[C@H]1OC(=O)[C@H](C)[C@@H](O[C@H]2C[C@@](C)(OC)[C@@](O)(CNc3ccccc3)[C@H](C)O2)[C@H](C)[C@@H](O[C@@H]2O[C@H](C)C[C@H](N(C)C)[C@H]2O)[C@@](C)(O)C[C@@H](C)CN[C@H](C)[C@@H](O)[C@]1(C)O. The lowest BCUT2D eigenvalue weighted by atomic mass is 9.75. The van der Waals surface area contributed by atoms with Crippen LogP contribution in [0.5, 0.6) is 0 Å². The van der Waals surface area contributed by atoms with Gasteiger partial charge in [0, 0.05) is 43.8 Å². The number of hydrogen-bond acceptors (Lipinski definition) is 15. The zero-order chi connectivity index (χ0) is 44.2. The van der Waals surface area contributed by atoms with Crippen molar-refractivity contribution in [2.75, 3.05) is 39.6 Å². The molecule has 0 aromatic heterocycles. The summed E-state index contributed by atoms with van der Waals surface area (Å²) in [6.07, 6.45) is -7.84. The van der Waals surface area contributed by atoms with Crippen molar-refractivity contribution in [2.24, 2.45) is 17.8 Å². The van der Waals surface area contributed by atoms with Crippen LogP contribution in [0, 0.1) is 17.8 Å². The fourth-order valence-corrected chi connectivity index (χ4v) is 9.54. The van der Waals surface area contributed by atoms with Crippen molar-refractivity contribution in [3.05, 3.63) is 30.3 Å². The summed E-state index contributed by atoms with van der Waals surface area (Å²) in [6, 6.07) is 8.61. The molecule has 0 amide bonds. The van der Waals surface area contributed by atoms with Crippen LogP contribution in [-0.4, -0.2) is 160 Å². The summed E-state index contributed by atoms with van der Waals surface area (Å²) in [5.41, 5.74) is -5.33. The van der Waals surface area contributed by atoms with Crippen LogP contribution in [-0.2, 0) is 33.2 Å². The Kier molecular flexibility index (Phi) is 16.9. The molecule has 0 radical (unpaired) electrons. The number of carbonyl (C=O) groups excluding carboxylic acids is 1. The maximum Gasteiger partial charge on any atom is 0.311 e. The lowest BCUT2D eigenvalue weighted by Crippen LogP contribution is -2.69. The van der Waals surface area contributed by atoms with Crippen LogP contribution in [0.25, 0.3) is 0 Å². The van der Waals surface area contributed by atoms with E-state index >= 15 is 0 Å². The number of aliphatic hydroxyl groups excluding tert-OH is 2. The molecule has 0 spiro atoms. The molecular formula is C44H77N3O12. The van der Waals surface area contributed by atoms with Crippen molar-refractivity contribution in [3.8, 4) is 0 Å². The smallest absolute Gasteiger partial charge is 0.311 e. The summed E-state index contributed by atoms with van der Waals surface area (Å²) in [7, 11) is 5.29. The van der Waals surface area contributed by atoms with Crippen molar-refractivity contribution in [1.82, 2.24) is 10.2 Å². The molecule has 15 nitrogen and oxygen atoms in total. The van der Waals surface area contributed by atoms with Gasteiger partial charge in [-0.05, 0) is 106 Å². The second kappa shape index (κ2) is 20.0. The number of rotatable bonds is 10. The predicted molar refractivity (Wildman–Crippen MR) is 223 cm³/mol. The molecule has 0 aliphatic carbocycles. The predicted octanol–water partition coefficient (Wildman–Crippen LogP) is 3.04. The van der Waals surface area contributed by atoms with Gasteiger partial charge in [-0.25, -0.2) is 0 Å². The summed E-state index contributed by atoms with van der Waals surface area (Å²) in [5.74, 6) is -2.73. The maximum atomic E-state index is 14.4. The third-order valence-electron chi connectivity index (χ3n) is 13.5. The molecule has 1 aromatic carbocycles. The van der Waals surface area contributed by atoms with E-state index in [0.717, 1.165) is 5.69 Å². The average molecular weight is 840 g/mol. The largest absolute Gasteiger partial charge is 0.459 e. The first-order valence-electron chi connectivity index (χ1n) is 21.5. The number of likely N-dealkylation sites (N-methyl/N-ethyl adjacent to an activating group) is 1. The zero-order valence-corrected chi connectivity index (χ0v) is 37.8. The highest BCUT2D eigenvalue weighted by Gasteiger charge is 2.58. The molecule has 0 unspecified atom stereocenters. The lowest BCUT2D eigenvalue weighted by molar-refractivity contribution is -0.334. The number of aliphatic hydroxyl groups is 5. The molecule has 3 aliphatic heterocycles. The molecule has 1 aromatic rings. The average Bonchev–Trinajstić information content (AvgIpc) is 3.18. The van der Waals surface area contributed by atoms with Gasteiger partial charge in [-0.2, -0.15) is 0 Å². The molecule has 3 aliphatic rings. The van der Waals surface area contributed by atoms with E-state index in [0.29, 0.717) is 13.0 Å². The summed E-state index contributed by atoms with van der Waals surface area (Å²) >= 11 is 0. The van der Waals surface area contributed by atoms with Crippen LogP contribution in [0.1, 0.15) is 94.9 Å². The van der Waals surface area contributed by atoms with E-state index < -0.39 is 95.5 Å². The number of carbonyl (C=O) groups is 1. The number of esters is 1. The monoisotopic (exact) mass is 840 g/mol. The summed E-state index contributed by atoms with van der Waals surface area (Å²) in [6.45, 7) is 18.0. The van der Waals surface area contributed by atoms with Gasteiger partial charge in [0.1, 0.15) is 35.1 Å². The van der Waals surface area contributed by atoms with Crippen LogP contribution in [0.15, 0.2) is 30.3 Å². The Labute approximate surface area is 352 Å². The van der Waals surface area contributed by atoms with Gasteiger partial charge >= 0.3 is 5.97 Å². The molecule has 18 atom stereocenters. The normalized spacial score (nSPS) is 45.9. The van der Waals surface area contributed by atoms with E-state index in [-0.39, 0.29) is 43.9 Å². The number of methoxy groups -OCH3 is 1. The van der Waals surface area contributed by atoms with Gasteiger partial charge in [0.2, 0.25) is 0 Å². The Bertz CT molecular complexity index is 1470. The zero-order valence-electron chi connectivity index (χ0n) is 37.8. The number of benzene rings is 1. The van der Waals surface area contributed by atoms with Crippen molar-refractivity contribution in [1.29, 1.82) is 0 Å². The fourth-order valence-electron chi connectivity index (χ4n) is 9.54. The minimum Gasteiger partial charge on any atom is -0.459 e. The van der Waals surface area contributed by atoms with Crippen LogP contribution >= 0.6 is 0 Å². The minimum atomic E-state index is -1.83. The number of nitrogens with one attached hydrogen (secondary N) is 2. The lowest BCUT2D eigenvalue weighted by Gasteiger charge is -2.53. The van der Waals surface area contributed by atoms with Gasteiger partial charge in [0.15, 0.2) is 12.6 Å². The second-order valence-corrected chi connectivity index (χ2v) is 18.7. The van der Waals surface area contributed by atoms with Crippen LogP contribution in [0.2, 0.25) is 0 Å². The first-order chi connectivity index (χ1) is 27.4. The number of para-hydroxylation sites is 1. The number of hydrogen-bond donors (Lipinski definition) is 7. The van der Waals surface area contributed by atoms with Crippen molar-refractivity contribution in [2.45, 2.75) is 185 Å². The van der Waals surface area contributed by atoms with Gasteiger partial charge in [-0.3, -0.25) is 4.79 Å². The third kappa shape index (κ3) is 11.2. The number of cyclic esters (lactones) is 1. The molecule has 3 fully saturated rings. The third-order valence-corrected chi connectivity index (χ3v) is 13.5. The Hall–Kier alpha value is -1.99. The van der Waals surface area contributed by atoms with Crippen molar-refractivity contribution in [3.63, 3.8) is 0 Å². The molecule has 7 N–H and O–H groups in total. The summed E-state index contributed by atoms with van der Waals surface area (Å²) < 4.78 is 38.5. The molecule has 15 heteroatoms. The van der Waals surface area contributed by atoms with Gasteiger partial charge < -0.3 is 69.5 Å². The van der Waals surface area contributed by atoms with Gasteiger partial charge in [0.05, 0.1) is 35.9 Å². The van der Waals surface area contributed by atoms with E-state index in [1.807, 2.05) is 70.1 Å². The van der Waals surface area contributed by atoms with E-state index in [2.05, 4.69) is 10.6 Å². The van der Waals surface area contributed by atoms with E-state index in [1.165, 1.54) is 14.0 Å². The van der Waals surface area contributed by atoms with Crippen molar-refractivity contribution >= 4 is 11.7 Å². The number of anilines is 1. The van der Waals surface area contributed by atoms with Crippen LogP contribution in [0.3, 0.4) is 0 Å². The maximum absolute atomic E-state index is 14.4. The van der Waals surface area contributed by atoms with Crippen LogP contribution in [0.4, 0.5) is 5.69 Å². The van der Waals surface area contributed by atoms with Crippen molar-refractivity contribution < 1.29 is 58.7 Å². The fraction of sp³-hybridized carbons (Fsp3) is 0.841. The Morgan fingerprint density at radius 1 is 0.949 bits per heavy atom. The highest BCUT2D eigenvalue weighted by Crippen LogP contribution is 2.43. The summed E-state index contributed by atoms with van der Waals surface area (Å²) in [4.78, 5) is 16.3. The van der Waals surface area contributed by atoms with Gasteiger partial charge in [0.25, 0.3) is 0 Å². The molecular weight excluding hydrogens is 762 g/mol. The molecule has 0 saturated carbocycles. The standard InChI is InChI=1S/C44H77N3O12/c1-14-33-43(10,52)37(49)29(6)45-23-25(2)21-41(8,51)38(59-40-35(48)32(47(11)12)20-26(3)55-40)27(4)36(28(5)39(50)57-33)58-34-22-42(9,54-13)44(53,30(7)56-34)24-46-31-18-16-15-17-19-31/h15-19,25-30,32-38,40,45-46,48-49,51-53H,14,20-24H2,1-13H3/t25-,26-,27+,28-,29-,30+,32+,33-,34+,35-,36+,37-,38-,40+,41+,42-,43-,44-/m1/s1. The Morgan fingerprint density at radius 2 is 1.59 bits per heavy atom. The van der Waals surface area contributed by atoms with Gasteiger partial charge in [-0.1, -0.05) is 39.0 Å². The highest BCUT2D eigenvalue weighted by atomic mass is 16.7. The van der Waals surface area contributed by atoms with E-state index in [9.17, 15) is 30.3 Å².